The van der Waals surface area contributed by atoms with Crippen LogP contribution in [0.15, 0.2) is 61.2 Å². The number of rotatable bonds is 9. The summed E-state index contributed by atoms with van der Waals surface area (Å²) >= 11 is 0. The Morgan fingerprint density at radius 3 is 2.53 bits per heavy atom. The van der Waals surface area contributed by atoms with Crippen LogP contribution in [0.5, 0.6) is 0 Å². The summed E-state index contributed by atoms with van der Waals surface area (Å²) in [7, 11) is 1.82. The Hall–Kier alpha value is -2.04. The van der Waals surface area contributed by atoms with Gasteiger partial charge in [0.1, 0.15) is 29.9 Å². The van der Waals surface area contributed by atoms with Crippen molar-refractivity contribution in [1.82, 2.24) is 14.8 Å². The predicted molar refractivity (Wildman–Crippen MR) is 110 cm³/mol. The van der Waals surface area contributed by atoms with Gasteiger partial charge in [0.2, 0.25) is 0 Å². The minimum Gasteiger partial charge on any atom is -0.382 e. The fourth-order valence-corrected chi connectivity index (χ4v) is 5.56. The Kier molecular flexibility index (Phi) is 7.10. The molecule has 0 bridgehead atoms. The third-order valence-corrected chi connectivity index (χ3v) is 7.51. The molecule has 160 valence electrons. The topological polar surface area (TPSA) is 50.9 Å². The van der Waals surface area contributed by atoms with Crippen molar-refractivity contribution in [2.75, 3.05) is 5.75 Å². The molecule has 0 aliphatic carbocycles. The summed E-state index contributed by atoms with van der Waals surface area (Å²) in [4.78, 5) is 3.79. The second kappa shape index (κ2) is 9.40. The number of halogens is 4. The van der Waals surface area contributed by atoms with Crippen LogP contribution in [0.25, 0.3) is 0 Å². The Balaban J connectivity index is 1.79. The van der Waals surface area contributed by atoms with E-state index in [0.717, 1.165) is 39.8 Å². The van der Waals surface area contributed by atoms with Crippen LogP contribution < -0.4 is 0 Å². The van der Waals surface area contributed by atoms with E-state index >= 15 is 0 Å². The first-order valence-electron chi connectivity index (χ1n) is 8.94. The molecule has 0 radical (unpaired) electrons. The second-order valence-electron chi connectivity index (χ2n) is 6.71. The van der Waals surface area contributed by atoms with Crippen LogP contribution in [0.4, 0.5) is 17.6 Å². The first-order valence-corrected chi connectivity index (χ1v) is 11.3. The Morgan fingerprint density at radius 2 is 1.87 bits per heavy atom. The number of aliphatic hydroxyl groups is 1. The van der Waals surface area contributed by atoms with Crippen LogP contribution in [0, 0.1) is 11.6 Å². The van der Waals surface area contributed by atoms with E-state index in [0.29, 0.717) is 0 Å². The van der Waals surface area contributed by atoms with Gasteiger partial charge in [-0.3, -0.25) is 0 Å². The van der Waals surface area contributed by atoms with Crippen LogP contribution in [-0.4, -0.2) is 30.9 Å². The van der Waals surface area contributed by atoms with Gasteiger partial charge < -0.3 is 5.11 Å². The molecular weight excluding hydrogens is 438 g/mol. The summed E-state index contributed by atoms with van der Waals surface area (Å²) in [5, 5.41) is 14.5. The van der Waals surface area contributed by atoms with E-state index in [9.17, 15) is 22.7 Å². The van der Waals surface area contributed by atoms with Crippen LogP contribution in [0.1, 0.15) is 18.1 Å². The molecule has 0 saturated heterocycles. The molecule has 30 heavy (non-hydrogen) atoms. The molecule has 0 spiro atoms. The normalized spacial score (nSPS) is 15.0. The van der Waals surface area contributed by atoms with Gasteiger partial charge in [0.05, 0.1) is 12.3 Å². The van der Waals surface area contributed by atoms with Crippen molar-refractivity contribution in [2.45, 2.75) is 30.2 Å². The van der Waals surface area contributed by atoms with Gasteiger partial charge >= 0.3 is 0 Å². The largest absolute Gasteiger partial charge is 0.382 e. The zero-order valence-electron chi connectivity index (χ0n) is 15.9. The molecule has 1 heterocycles. The summed E-state index contributed by atoms with van der Waals surface area (Å²) in [5.41, 5.74) is -2.30. The highest BCUT2D eigenvalue weighted by molar-refractivity contribution is 8.77. The van der Waals surface area contributed by atoms with E-state index in [1.807, 2.05) is 0 Å². The average molecular weight is 458 g/mol. The molecule has 0 fully saturated rings. The molecule has 3 rings (SSSR count). The lowest BCUT2D eigenvalue weighted by Gasteiger charge is -2.34. The van der Waals surface area contributed by atoms with Gasteiger partial charge in [0, 0.05) is 16.4 Å². The lowest BCUT2D eigenvalue weighted by Crippen LogP contribution is -2.41. The number of benzene rings is 2. The van der Waals surface area contributed by atoms with Gasteiger partial charge in [0.25, 0.3) is 5.92 Å². The number of nitrogens with zero attached hydrogens (tertiary/aromatic N) is 3. The van der Waals surface area contributed by atoms with Crippen LogP contribution in [-0.2, 0) is 18.1 Å². The lowest BCUT2D eigenvalue weighted by atomic mass is 9.90. The van der Waals surface area contributed by atoms with Gasteiger partial charge in [0.15, 0.2) is 0 Å². The third kappa shape index (κ3) is 5.16. The molecule has 1 N–H and O–H groups in total. The van der Waals surface area contributed by atoms with Crippen molar-refractivity contribution in [1.29, 1.82) is 0 Å². The van der Waals surface area contributed by atoms with Crippen molar-refractivity contribution >= 4 is 21.6 Å². The molecular formula is C20H19F4N3OS2. The van der Waals surface area contributed by atoms with E-state index in [4.69, 9.17) is 0 Å². The van der Waals surface area contributed by atoms with Crippen LogP contribution in [0.2, 0.25) is 0 Å². The standard InChI is InChI=1S/C20H19F4N3OS2/c1-14(30-29-11-20(23,24)15-5-3-2-4-6-15)19(28,10-27-13-25-12-26-27)17-9-16(21)7-8-18(17)22/h2-9,12-14,28H,10-11H2,1H3/t14-,19-/m1/s1. The predicted octanol–water partition coefficient (Wildman–Crippen LogP) is 5.01. The lowest BCUT2D eigenvalue weighted by molar-refractivity contribution is 0.0132. The third-order valence-electron chi connectivity index (χ3n) is 4.59. The Morgan fingerprint density at radius 1 is 1.13 bits per heavy atom. The van der Waals surface area contributed by atoms with Crippen LogP contribution >= 0.6 is 21.6 Å². The SMILES string of the molecule is C[C@@H](SSCC(F)(F)c1ccccc1)[C@](O)(Cn1cncn1)c1cc(F)ccc1F. The van der Waals surface area contributed by atoms with E-state index in [-0.39, 0.29) is 17.7 Å². The van der Waals surface area contributed by atoms with Crippen molar-refractivity contribution in [3.05, 3.63) is 83.9 Å². The highest BCUT2D eigenvalue weighted by Crippen LogP contribution is 2.44. The number of hydrogen-bond acceptors (Lipinski definition) is 5. The molecule has 1 aromatic heterocycles. The van der Waals surface area contributed by atoms with Crippen LogP contribution in [0.3, 0.4) is 0 Å². The highest BCUT2D eigenvalue weighted by atomic mass is 33.1. The molecule has 2 atom stereocenters. The van der Waals surface area contributed by atoms with Gasteiger partial charge in [-0.15, -0.1) is 0 Å². The maximum absolute atomic E-state index is 14.5. The average Bonchev–Trinajstić information content (AvgIpc) is 3.23. The molecule has 0 saturated carbocycles. The Labute approximate surface area is 179 Å². The molecule has 0 aliphatic rings. The van der Waals surface area contributed by atoms with Gasteiger partial charge in [-0.2, -0.15) is 5.10 Å². The molecule has 2 aromatic carbocycles. The van der Waals surface area contributed by atoms with E-state index in [1.54, 1.807) is 13.0 Å². The van der Waals surface area contributed by atoms with Crippen molar-refractivity contribution < 1.29 is 22.7 Å². The quantitative estimate of drug-likeness (QED) is 0.362. The van der Waals surface area contributed by atoms with Gasteiger partial charge in [-0.05, 0) is 25.1 Å². The maximum Gasteiger partial charge on any atom is 0.282 e. The maximum atomic E-state index is 14.5. The summed E-state index contributed by atoms with van der Waals surface area (Å²) in [6.07, 6.45) is 2.57. The van der Waals surface area contributed by atoms with E-state index < -0.39 is 34.2 Å². The summed E-state index contributed by atoms with van der Waals surface area (Å²) < 4.78 is 58.4. The smallest absolute Gasteiger partial charge is 0.282 e. The zero-order chi connectivity index (χ0) is 21.8. The second-order valence-corrected chi connectivity index (χ2v) is 9.42. The number of hydrogen-bond donors (Lipinski definition) is 1. The molecule has 0 aliphatic heterocycles. The van der Waals surface area contributed by atoms with Gasteiger partial charge in [-0.1, -0.05) is 51.9 Å². The van der Waals surface area contributed by atoms with Crippen molar-refractivity contribution in [3.8, 4) is 0 Å². The van der Waals surface area contributed by atoms with Gasteiger partial charge in [-0.25, -0.2) is 27.2 Å². The number of aromatic nitrogens is 3. The molecule has 4 nitrogen and oxygen atoms in total. The minimum absolute atomic E-state index is 0.111. The monoisotopic (exact) mass is 457 g/mol. The van der Waals surface area contributed by atoms with Crippen molar-refractivity contribution in [2.24, 2.45) is 0 Å². The first-order chi connectivity index (χ1) is 14.2. The fraction of sp³-hybridized carbons (Fsp3) is 0.300. The molecule has 3 aromatic rings. The molecule has 0 amide bonds. The van der Waals surface area contributed by atoms with E-state index in [2.05, 4.69) is 10.1 Å². The summed E-state index contributed by atoms with van der Waals surface area (Å²) in [5.74, 6) is -5.14. The van der Waals surface area contributed by atoms with E-state index in [1.165, 1.54) is 41.6 Å². The summed E-state index contributed by atoms with van der Waals surface area (Å²) in [6.45, 7) is 1.34. The highest BCUT2D eigenvalue weighted by Gasteiger charge is 2.41. The first kappa shape index (κ1) is 22.6. The van der Waals surface area contributed by atoms with Crippen molar-refractivity contribution in [3.63, 3.8) is 0 Å². The molecule has 10 heteroatoms. The fourth-order valence-electron chi connectivity index (χ4n) is 2.88. The molecule has 0 unspecified atom stereocenters. The summed E-state index contributed by atoms with van der Waals surface area (Å²) in [6, 6.07) is 10.2. The minimum atomic E-state index is -3.08. The number of alkyl halides is 2. The Bertz CT molecular complexity index is 960. The zero-order valence-corrected chi connectivity index (χ0v) is 17.5.